The third-order valence-electron chi connectivity index (χ3n) is 3.57. The van der Waals surface area contributed by atoms with E-state index in [1.807, 2.05) is 0 Å². The zero-order valence-corrected chi connectivity index (χ0v) is 13.6. The van der Waals surface area contributed by atoms with E-state index in [0.29, 0.717) is 5.56 Å². The van der Waals surface area contributed by atoms with Gasteiger partial charge in [-0.3, -0.25) is 9.59 Å². The summed E-state index contributed by atoms with van der Waals surface area (Å²) in [6.45, 7) is 1.61. The van der Waals surface area contributed by atoms with Gasteiger partial charge in [0, 0.05) is 26.4 Å². The molecule has 0 atom stereocenters. The van der Waals surface area contributed by atoms with Gasteiger partial charge in [-0.25, -0.2) is 13.2 Å². The summed E-state index contributed by atoms with van der Waals surface area (Å²) in [5.41, 5.74) is 0.192. The lowest BCUT2D eigenvalue weighted by Gasteiger charge is -2.21. The number of amides is 2. The number of hydrogen-bond acceptors (Lipinski definition) is 2. The third kappa shape index (κ3) is 5.34. The zero-order valence-electron chi connectivity index (χ0n) is 13.6. The highest BCUT2D eigenvalue weighted by atomic mass is 19.1. The van der Waals surface area contributed by atoms with E-state index in [1.54, 1.807) is 12.1 Å². The Morgan fingerprint density at radius 3 is 2.16 bits per heavy atom. The number of benzene rings is 2. The smallest absolute Gasteiger partial charge is 0.226 e. The molecule has 0 saturated heterocycles. The average Bonchev–Trinajstić information content (AvgIpc) is 2.56. The number of para-hydroxylation sites is 1. The molecule has 2 aromatic rings. The van der Waals surface area contributed by atoms with Gasteiger partial charge in [-0.1, -0.05) is 18.2 Å². The summed E-state index contributed by atoms with van der Waals surface area (Å²) >= 11 is 0. The van der Waals surface area contributed by atoms with Crippen LogP contribution in [-0.4, -0.2) is 23.3 Å². The number of carbonyl (C=O) groups is 2. The molecule has 0 aliphatic carbocycles. The van der Waals surface area contributed by atoms with Crippen molar-refractivity contribution in [3.8, 4) is 0 Å². The van der Waals surface area contributed by atoms with Crippen LogP contribution >= 0.6 is 0 Å². The highest BCUT2D eigenvalue weighted by Crippen LogP contribution is 2.18. The average molecular weight is 350 g/mol. The Morgan fingerprint density at radius 2 is 1.60 bits per heavy atom. The molecule has 0 aromatic heterocycles. The summed E-state index contributed by atoms with van der Waals surface area (Å²) < 4.78 is 39.9. The van der Waals surface area contributed by atoms with Gasteiger partial charge in [0.25, 0.3) is 0 Å². The minimum Gasteiger partial charge on any atom is -0.338 e. The molecule has 132 valence electrons. The number of anilines is 1. The number of rotatable bonds is 6. The van der Waals surface area contributed by atoms with Crippen molar-refractivity contribution >= 4 is 17.5 Å². The van der Waals surface area contributed by atoms with Crippen LogP contribution in [0.2, 0.25) is 0 Å². The third-order valence-corrected chi connectivity index (χ3v) is 3.57. The van der Waals surface area contributed by atoms with Gasteiger partial charge in [-0.15, -0.1) is 0 Å². The van der Waals surface area contributed by atoms with Gasteiger partial charge in [-0.2, -0.15) is 0 Å². The minimum atomic E-state index is -0.872. The first kappa shape index (κ1) is 18.5. The Labute approximate surface area is 143 Å². The van der Waals surface area contributed by atoms with Gasteiger partial charge < -0.3 is 10.2 Å². The summed E-state index contributed by atoms with van der Waals surface area (Å²) in [4.78, 5) is 25.0. The molecule has 0 aliphatic heterocycles. The van der Waals surface area contributed by atoms with Crippen LogP contribution in [0.4, 0.5) is 18.9 Å². The molecule has 2 rings (SSSR count). The zero-order chi connectivity index (χ0) is 18.4. The van der Waals surface area contributed by atoms with Crippen molar-refractivity contribution in [1.82, 2.24) is 4.90 Å². The molecule has 0 radical (unpaired) electrons. The Kier molecular flexibility index (Phi) is 6.16. The molecule has 0 unspecified atom stereocenters. The maximum absolute atomic E-state index is 13.5. The van der Waals surface area contributed by atoms with Crippen LogP contribution < -0.4 is 5.32 Å². The van der Waals surface area contributed by atoms with E-state index in [4.69, 9.17) is 0 Å². The fourth-order valence-electron chi connectivity index (χ4n) is 2.21. The van der Waals surface area contributed by atoms with Crippen molar-refractivity contribution in [2.45, 2.75) is 19.9 Å². The lowest BCUT2D eigenvalue weighted by atomic mass is 10.2. The van der Waals surface area contributed by atoms with Crippen molar-refractivity contribution in [1.29, 1.82) is 0 Å². The van der Waals surface area contributed by atoms with Crippen molar-refractivity contribution in [2.24, 2.45) is 0 Å². The van der Waals surface area contributed by atoms with E-state index in [2.05, 4.69) is 5.32 Å². The summed E-state index contributed by atoms with van der Waals surface area (Å²) in [6, 6.07) is 8.91. The van der Waals surface area contributed by atoms with Gasteiger partial charge >= 0.3 is 0 Å². The molecule has 2 aromatic carbocycles. The van der Waals surface area contributed by atoms with Crippen LogP contribution in [0, 0.1) is 17.5 Å². The summed E-state index contributed by atoms with van der Waals surface area (Å²) in [7, 11) is 0. The minimum absolute atomic E-state index is 0.0641. The van der Waals surface area contributed by atoms with Crippen molar-refractivity contribution in [3.05, 3.63) is 65.5 Å². The second kappa shape index (κ2) is 8.32. The molecular weight excluding hydrogens is 333 g/mol. The van der Waals surface area contributed by atoms with Gasteiger partial charge in [-0.05, 0) is 29.8 Å². The Bertz CT molecular complexity index is 743. The molecule has 0 heterocycles. The predicted molar refractivity (Wildman–Crippen MR) is 87.1 cm³/mol. The first-order valence-corrected chi connectivity index (χ1v) is 7.60. The molecule has 0 bridgehead atoms. The standard InChI is InChI=1S/C18H17F3N2O2/c1-12(24)23(11-13-5-7-14(19)8-6-13)10-9-17(25)22-18-15(20)3-2-4-16(18)21/h2-8H,9-11H2,1H3,(H,22,25). The lowest BCUT2D eigenvalue weighted by molar-refractivity contribution is -0.129. The molecule has 0 fully saturated rings. The van der Waals surface area contributed by atoms with Gasteiger partial charge in [0.15, 0.2) is 0 Å². The van der Waals surface area contributed by atoms with E-state index in [0.717, 1.165) is 12.1 Å². The normalized spacial score (nSPS) is 10.4. The molecule has 7 heteroatoms. The van der Waals surface area contributed by atoms with Gasteiger partial charge in [0.1, 0.15) is 23.1 Å². The SMILES string of the molecule is CC(=O)N(CCC(=O)Nc1c(F)cccc1F)Cc1ccc(F)cc1. The fraction of sp³-hybridized carbons (Fsp3) is 0.222. The number of hydrogen-bond donors (Lipinski definition) is 1. The van der Waals surface area contributed by atoms with Crippen LogP contribution in [-0.2, 0) is 16.1 Å². The Balaban J connectivity index is 1.95. The first-order chi connectivity index (χ1) is 11.9. The molecule has 0 saturated carbocycles. The van der Waals surface area contributed by atoms with Crippen molar-refractivity contribution < 1.29 is 22.8 Å². The number of halogens is 3. The second-order valence-corrected chi connectivity index (χ2v) is 5.46. The molecule has 2 amide bonds. The van der Waals surface area contributed by atoms with Crippen molar-refractivity contribution in [3.63, 3.8) is 0 Å². The van der Waals surface area contributed by atoms with Gasteiger partial charge in [0.05, 0.1) is 0 Å². The Morgan fingerprint density at radius 1 is 1.00 bits per heavy atom. The van der Waals surface area contributed by atoms with Crippen molar-refractivity contribution in [2.75, 3.05) is 11.9 Å². The lowest BCUT2D eigenvalue weighted by Crippen LogP contribution is -2.31. The largest absolute Gasteiger partial charge is 0.338 e. The van der Waals surface area contributed by atoms with Crippen LogP contribution in [0.3, 0.4) is 0 Å². The van der Waals surface area contributed by atoms with E-state index in [-0.39, 0.29) is 31.2 Å². The highest BCUT2D eigenvalue weighted by Gasteiger charge is 2.15. The maximum atomic E-state index is 13.5. The molecule has 0 aliphatic rings. The monoisotopic (exact) mass is 350 g/mol. The van der Waals surface area contributed by atoms with Crippen LogP contribution in [0.15, 0.2) is 42.5 Å². The molecule has 0 spiro atoms. The second-order valence-electron chi connectivity index (χ2n) is 5.46. The summed E-state index contributed by atoms with van der Waals surface area (Å²) in [5.74, 6) is -3.01. The topological polar surface area (TPSA) is 49.4 Å². The number of nitrogens with one attached hydrogen (secondary N) is 1. The Hall–Kier alpha value is -2.83. The molecular formula is C18H17F3N2O2. The molecule has 1 N–H and O–H groups in total. The van der Waals surface area contributed by atoms with E-state index >= 15 is 0 Å². The van der Waals surface area contributed by atoms with E-state index in [9.17, 15) is 22.8 Å². The highest BCUT2D eigenvalue weighted by molar-refractivity contribution is 5.91. The summed E-state index contributed by atoms with van der Waals surface area (Å²) in [6.07, 6.45) is -0.130. The first-order valence-electron chi connectivity index (χ1n) is 7.60. The van der Waals surface area contributed by atoms with E-state index in [1.165, 1.54) is 30.0 Å². The van der Waals surface area contributed by atoms with E-state index < -0.39 is 23.2 Å². The van der Waals surface area contributed by atoms with Gasteiger partial charge in [0.2, 0.25) is 11.8 Å². The predicted octanol–water partition coefficient (Wildman–Crippen LogP) is 3.48. The fourth-order valence-corrected chi connectivity index (χ4v) is 2.21. The van der Waals surface area contributed by atoms with Crippen LogP contribution in [0.25, 0.3) is 0 Å². The quantitative estimate of drug-likeness (QED) is 0.867. The summed E-state index contributed by atoms with van der Waals surface area (Å²) in [5, 5.41) is 2.17. The maximum Gasteiger partial charge on any atom is 0.226 e. The van der Waals surface area contributed by atoms with Crippen LogP contribution in [0.1, 0.15) is 18.9 Å². The molecule has 4 nitrogen and oxygen atoms in total. The van der Waals surface area contributed by atoms with Crippen LogP contribution in [0.5, 0.6) is 0 Å². The number of nitrogens with zero attached hydrogens (tertiary/aromatic N) is 1. The molecule has 25 heavy (non-hydrogen) atoms. The number of carbonyl (C=O) groups excluding carboxylic acids is 2.